The van der Waals surface area contributed by atoms with Gasteiger partial charge in [-0.1, -0.05) is 19.1 Å². The molecule has 1 saturated heterocycles. The average molecular weight is 248 g/mol. The van der Waals surface area contributed by atoms with E-state index in [1.54, 1.807) is 4.90 Å². The van der Waals surface area contributed by atoms with E-state index in [0.29, 0.717) is 6.61 Å². The highest BCUT2D eigenvalue weighted by molar-refractivity contribution is 5.88. The van der Waals surface area contributed by atoms with E-state index in [1.807, 2.05) is 12.1 Å². The molecule has 1 aliphatic rings. The van der Waals surface area contributed by atoms with Gasteiger partial charge in [-0.3, -0.25) is 4.90 Å². The van der Waals surface area contributed by atoms with E-state index in [-0.39, 0.29) is 6.09 Å². The molecule has 0 atom stereocenters. The summed E-state index contributed by atoms with van der Waals surface area (Å²) in [5.41, 5.74) is 2.12. The Kier molecular flexibility index (Phi) is 4.59. The summed E-state index contributed by atoms with van der Waals surface area (Å²) in [4.78, 5) is 13.4. The molecular formula is C14H20N2O2. The van der Waals surface area contributed by atoms with Crippen LogP contribution in [0.15, 0.2) is 24.3 Å². The molecule has 0 aromatic heterocycles. The van der Waals surface area contributed by atoms with Crippen LogP contribution in [0.1, 0.15) is 25.3 Å². The van der Waals surface area contributed by atoms with Gasteiger partial charge in [-0.2, -0.15) is 0 Å². The highest BCUT2D eigenvalue weighted by Crippen LogP contribution is 2.19. The van der Waals surface area contributed by atoms with Gasteiger partial charge in [0.05, 0.1) is 6.61 Å². The molecule has 1 N–H and O–H groups in total. The molecule has 0 bridgehead atoms. The van der Waals surface area contributed by atoms with Gasteiger partial charge in [0.2, 0.25) is 0 Å². The van der Waals surface area contributed by atoms with Crippen LogP contribution in [0.3, 0.4) is 0 Å². The average Bonchev–Trinajstić information content (AvgIpc) is 2.40. The second-order valence-corrected chi connectivity index (χ2v) is 4.47. The number of ether oxygens (including phenoxy) is 1. The standard InChI is InChI=1S/C14H20N2O2/c1-2-7-15-11-12-5-3-6-13(10-12)16-8-4-9-18-14(16)17/h3,5-6,10,15H,2,4,7-9,11H2,1H3. The topological polar surface area (TPSA) is 41.6 Å². The summed E-state index contributed by atoms with van der Waals surface area (Å²) in [6.45, 7) is 5.27. The largest absolute Gasteiger partial charge is 0.449 e. The summed E-state index contributed by atoms with van der Waals surface area (Å²) in [7, 11) is 0. The van der Waals surface area contributed by atoms with Gasteiger partial charge in [-0.15, -0.1) is 0 Å². The Labute approximate surface area is 108 Å². The molecule has 1 fully saturated rings. The molecule has 4 nitrogen and oxygen atoms in total. The van der Waals surface area contributed by atoms with E-state index in [2.05, 4.69) is 24.4 Å². The zero-order valence-electron chi connectivity index (χ0n) is 10.8. The maximum absolute atomic E-state index is 11.7. The molecule has 0 radical (unpaired) electrons. The third-order valence-corrected chi connectivity index (χ3v) is 2.95. The predicted octanol–water partition coefficient (Wildman–Crippen LogP) is 2.53. The van der Waals surface area contributed by atoms with Crippen LogP contribution in [0.5, 0.6) is 0 Å². The van der Waals surface area contributed by atoms with Gasteiger partial charge in [-0.05, 0) is 37.1 Å². The molecule has 1 aromatic rings. The number of nitrogens with one attached hydrogen (secondary N) is 1. The number of anilines is 1. The maximum atomic E-state index is 11.7. The number of carbonyl (C=O) groups is 1. The van der Waals surface area contributed by atoms with E-state index in [4.69, 9.17) is 4.74 Å². The molecule has 1 amide bonds. The lowest BCUT2D eigenvalue weighted by Crippen LogP contribution is -2.37. The maximum Gasteiger partial charge on any atom is 0.414 e. The van der Waals surface area contributed by atoms with Gasteiger partial charge < -0.3 is 10.1 Å². The molecule has 0 saturated carbocycles. The zero-order valence-corrected chi connectivity index (χ0v) is 10.8. The molecule has 1 aliphatic heterocycles. The van der Waals surface area contributed by atoms with Gasteiger partial charge in [-0.25, -0.2) is 4.79 Å². The summed E-state index contributed by atoms with van der Waals surface area (Å²) < 4.78 is 5.05. The Balaban J connectivity index is 2.03. The number of hydrogen-bond acceptors (Lipinski definition) is 3. The van der Waals surface area contributed by atoms with Crippen LogP contribution in [0.2, 0.25) is 0 Å². The van der Waals surface area contributed by atoms with Crippen molar-refractivity contribution in [3.8, 4) is 0 Å². The third kappa shape index (κ3) is 3.23. The molecule has 2 rings (SSSR count). The van der Waals surface area contributed by atoms with Gasteiger partial charge in [0.25, 0.3) is 0 Å². The van der Waals surface area contributed by atoms with Crippen LogP contribution in [0.4, 0.5) is 10.5 Å². The lowest BCUT2D eigenvalue weighted by Gasteiger charge is -2.26. The van der Waals surface area contributed by atoms with Crippen LogP contribution in [0.25, 0.3) is 0 Å². The molecule has 4 heteroatoms. The first-order valence-corrected chi connectivity index (χ1v) is 6.55. The summed E-state index contributed by atoms with van der Waals surface area (Å²) in [5.74, 6) is 0. The summed E-state index contributed by atoms with van der Waals surface area (Å²) >= 11 is 0. The molecular weight excluding hydrogens is 228 g/mol. The van der Waals surface area contributed by atoms with E-state index in [1.165, 1.54) is 5.56 Å². The molecule has 98 valence electrons. The predicted molar refractivity (Wildman–Crippen MR) is 71.8 cm³/mol. The minimum atomic E-state index is -0.236. The number of amides is 1. The van der Waals surface area contributed by atoms with Crippen molar-refractivity contribution in [1.82, 2.24) is 5.32 Å². The lowest BCUT2D eigenvalue weighted by atomic mass is 10.1. The van der Waals surface area contributed by atoms with Crippen LogP contribution < -0.4 is 10.2 Å². The van der Waals surface area contributed by atoms with Crippen molar-refractivity contribution in [2.24, 2.45) is 0 Å². The number of benzene rings is 1. The van der Waals surface area contributed by atoms with E-state index in [9.17, 15) is 4.79 Å². The van der Waals surface area contributed by atoms with E-state index < -0.39 is 0 Å². The monoisotopic (exact) mass is 248 g/mol. The van der Waals surface area contributed by atoms with Gasteiger partial charge in [0.15, 0.2) is 0 Å². The Bertz CT molecular complexity index is 407. The van der Waals surface area contributed by atoms with Crippen molar-refractivity contribution in [3.05, 3.63) is 29.8 Å². The fourth-order valence-corrected chi connectivity index (χ4v) is 2.03. The van der Waals surface area contributed by atoms with E-state index in [0.717, 1.165) is 38.2 Å². The van der Waals surface area contributed by atoms with Crippen molar-refractivity contribution < 1.29 is 9.53 Å². The van der Waals surface area contributed by atoms with Crippen LogP contribution in [-0.2, 0) is 11.3 Å². The Hall–Kier alpha value is -1.55. The Morgan fingerprint density at radius 3 is 3.11 bits per heavy atom. The van der Waals surface area contributed by atoms with Crippen molar-refractivity contribution in [3.63, 3.8) is 0 Å². The van der Waals surface area contributed by atoms with E-state index >= 15 is 0 Å². The summed E-state index contributed by atoms with van der Waals surface area (Å²) in [6.07, 6.45) is 1.78. The van der Waals surface area contributed by atoms with Crippen molar-refractivity contribution >= 4 is 11.8 Å². The molecule has 18 heavy (non-hydrogen) atoms. The summed E-state index contributed by atoms with van der Waals surface area (Å²) in [5, 5.41) is 3.36. The summed E-state index contributed by atoms with van der Waals surface area (Å²) in [6, 6.07) is 8.06. The Morgan fingerprint density at radius 2 is 2.33 bits per heavy atom. The van der Waals surface area contributed by atoms with Crippen molar-refractivity contribution in [1.29, 1.82) is 0 Å². The highest BCUT2D eigenvalue weighted by Gasteiger charge is 2.21. The zero-order chi connectivity index (χ0) is 12.8. The third-order valence-electron chi connectivity index (χ3n) is 2.95. The quantitative estimate of drug-likeness (QED) is 0.814. The number of hydrogen-bond donors (Lipinski definition) is 1. The van der Waals surface area contributed by atoms with Gasteiger partial charge >= 0.3 is 6.09 Å². The molecule has 0 aliphatic carbocycles. The second kappa shape index (κ2) is 6.40. The van der Waals surface area contributed by atoms with Crippen LogP contribution in [-0.4, -0.2) is 25.8 Å². The number of nitrogens with zero attached hydrogens (tertiary/aromatic N) is 1. The van der Waals surface area contributed by atoms with Crippen molar-refractivity contribution in [2.45, 2.75) is 26.3 Å². The second-order valence-electron chi connectivity index (χ2n) is 4.47. The molecule has 0 spiro atoms. The smallest absolute Gasteiger partial charge is 0.414 e. The van der Waals surface area contributed by atoms with Gasteiger partial charge in [0, 0.05) is 18.8 Å². The first-order valence-electron chi connectivity index (χ1n) is 6.55. The SMILES string of the molecule is CCCNCc1cccc(N2CCCOC2=O)c1. The van der Waals surface area contributed by atoms with Crippen molar-refractivity contribution in [2.75, 3.05) is 24.6 Å². The van der Waals surface area contributed by atoms with Crippen LogP contribution in [0, 0.1) is 0 Å². The lowest BCUT2D eigenvalue weighted by molar-refractivity contribution is 0.140. The highest BCUT2D eigenvalue weighted by atomic mass is 16.6. The molecule has 0 unspecified atom stereocenters. The fraction of sp³-hybridized carbons (Fsp3) is 0.500. The molecule has 1 heterocycles. The normalized spacial score (nSPS) is 15.6. The number of carbonyl (C=O) groups excluding carboxylic acids is 1. The minimum absolute atomic E-state index is 0.236. The van der Waals surface area contributed by atoms with Crippen LogP contribution >= 0.6 is 0 Å². The Morgan fingerprint density at radius 1 is 1.44 bits per heavy atom. The minimum Gasteiger partial charge on any atom is -0.449 e. The molecule has 1 aromatic carbocycles. The first-order chi connectivity index (χ1) is 8.81. The van der Waals surface area contributed by atoms with Gasteiger partial charge in [0.1, 0.15) is 0 Å². The number of rotatable bonds is 5. The number of cyclic esters (lactones) is 1. The fourth-order valence-electron chi connectivity index (χ4n) is 2.03. The first kappa shape index (κ1) is 12.9.